The van der Waals surface area contributed by atoms with E-state index in [1.807, 2.05) is 42.5 Å². The highest BCUT2D eigenvalue weighted by molar-refractivity contribution is 5.97. The van der Waals surface area contributed by atoms with Gasteiger partial charge in [0.15, 0.2) is 0 Å². The van der Waals surface area contributed by atoms with Crippen molar-refractivity contribution < 1.29 is 33.0 Å². The predicted octanol–water partition coefficient (Wildman–Crippen LogP) is 6.31. The number of amides is 2. The second kappa shape index (κ2) is 12.9. The van der Waals surface area contributed by atoms with Crippen LogP contribution in [0.15, 0.2) is 95.4 Å². The molecule has 0 radical (unpaired) electrons. The van der Waals surface area contributed by atoms with Crippen LogP contribution in [0.5, 0.6) is 5.75 Å². The van der Waals surface area contributed by atoms with E-state index in [1.165, 1.54) is 0 Å². The SMILES string of the molecule is COc1ccc(-c2ccc(-c3cccc(NC(=O)[C@H](COC(=O)c4ccccc4)NC(=O)OC(C)(C)C)c3)o2)cc1. The van der Waals surface area contributed by atoms with Crippen LogP contribution in [-0.4, -0.2) is 43.3 Å². The van der Waals surface area contributed by atoms with Gasteiger partial charge >= 0.3 is 12.1 Å². The van der Waals surface area contributed by atoms with Gasteiger partial charge in [-0.1, -0.05) is 30.3 Å². The van der Waals surface area contributed by atoms with E-state index in [0.717, 1.165) is 16.9 Å². The molecule has 0 unspecified atom stereocenters. The molecule has 9 heteroatoms. The number of hydrogen-bond acceptors (Lipinski definition) is 7. The molecule has 0 aliphatic carbocycles. The molecule has 0 aliphatic heterocycles. The lowest BCUT2D eigenvalue weighted by Crippen LogP contribution is -2.48. The number of esters is 1. The number of ether oxygens (including phenoxy) is 3. The van der Waals surface area contributed by atoms with Crippen LogP contribution in [-0.2, 0) is 14.3 Å². The first-order valence-corrected chi connectivity index (χ1v) is 13.0. The van der Waals surface area contributed by atoms with E-state index < -0.39 is 36.2 Å². The molecule has 0 saturated carbocycles. The van der Waals surface area contributed by atoms with Gasteiger partial charge in [0.25, 0.3) is 5.91 Å². The summed E-state index contributed by atoms with van der Waals surface area (Å²) in [5.74, 6) is 0.818. The van der Waals surface area contributed by atoms with Gasteiger partial charge in [0, 0.05) is 16.8 Å². The molecule has 0 fully saturated rings. The monoisotopic (exact) mass is 556 g/mol. The highest BCUT2D eigenvalue weighted by Crippen LogP contribution is 2.30. The fourth-order valence-electron chi connectivity index (χ4n) is 3.83. The summed E-state index contributed by atoms with van der Waals surface area (Å²) < 4.78 is 21.9. The summed E-state index contributed by atoms with van der Waals surface area (Å²) in [5, 5.41) is 5.28. The summed E-state index contributed by atoms with van der Waals surface area (Å²) in [6.07, 6.45) is -0.816. The Morgan fingerprint density at radius 2 is 1.51 bits per heavy atom. The van der Waals surface area contributed by atoms with Crippen LogP contribution < -0.4 is 15.4 Å². The Morgan fingerprint density at radius 1 is 0.829 bits per heavy atom. The summed E-state index contributed by atoms with van der Waals surface area (Å²) in [4.78, 5) is 38.2. The Kier molecular flexibility index (Phi) is 9.08. The van der Waals surface area contributed by atoms with Crippen molar-refractivity contribution in [3.05, 3.63) is 96.6 Å². The zero-order valence-electron chi connectivity index (χ0n) is 23.3. The molecule has 1 atom stereocenters. The first kappa shape index (κ1) is 28.9. The average Bonchev–Trinajstić information content (AvgIpc) is 3.45. The molecular formula is C32H32N2O7. The van der Waals surface area contributed by atoms with E-state index in [-0.39, 0.29) is 0 Å². The quantitative estimate of drug-likeness (QED) is 0.232. The molecule has 0 aliphatic rings. The summed E-state index contributed by atoms with van der Waals surface area (Å²) in [7, 11) is 1.61. The van der Waals surface area contributed by atoms with Crippen molar-refractivity contribution in [2.24, 2.45) is 0 Å². The van der Waals surface area contributed by atoms with Crippen LogP contribution in [0.2, 0.25) is 0 Å². The summed E-state index contributed by atoms with van der Waals surface area (Å²) in [6.45, 7) is 4.72. The van der Waals surface area contributed by atoms with E-state index in [2.05, 4.69) is 10.6 Å². The lowest BCUT2D eigenvalue weighted by Gasteiger charge is -2.23. The molecule has 4 rings (SSSR count). The maximum absolute atomic E-state index is 13.2. The van der Waals surface area contributed by atoms with Gasteiger partial charge in [-0.25, -0.2) is 9.59 Å². The first-order chi connectivity index (χ1) is 19.6. The van der Waals surface area contributed by atoms with Gasteiger partial charge in [-0.15, -0.1) is 0 Å². The zero-order chi connectivity index (χ0) is 29.4. The van der Waals surface area contributed by atoms with Crippen LogP contribution in [0.4, 0.5) is 10.5 Å². The smallest absolute Gasteiger partial charge is 0.408 e. The summed E-state index contributed by atoms with van der Waals surface area (Å²) in [5.41, 5.74) is 1.62. The number of nitrogens with one attached hydrogen (secondary N) is 2. The van der Waals surface area contributed by atoms with E-state index in [1.54, 1.807) is 76.4 Å². The largest absolute Gasteiger partial charge is 0.497 e. The first-order valence-electron chi connectivity index (χ1n) is 13.0. The van der Waals surface area contributed by atoms with Crippen LogP contribution in [0, 0.1) is 0 Å². The van der Waals surface area contributed by atoms with E-state index in [4.69, 9.17) is 18.6 Å². The summed E-state index contributed by atoms with van der Waals surface area (Å²) >= 11 is 0. The van der Waals surface area contributed by atoms with Gasteiger partial charge < -0.3 is 29.3 Å². The predicted molar refractivity (Wildman–Crippen MR) is 155 cm³/mol. The van der Waals surface area contributed by atoms with Crippen molar-refractivity contribution in [3.8, 4) is 28.4 Å². The molecule has 9 nitrogen and oxygen atoms in total. The molecule has 1 heterocycles. The Labute approximate surface area is 238 Å². The number of hydrogen-bond donors (Lipinski definition) is 2. The van der Waals surface area contributed by atoms with E-state index in [0.29, 0.717) is 22.8 Å². The van der Waals surface area contributed by atoms with Crippen molar-refractivity contribution in [1.29, 1.82) is 0 Å². The summed E-state index contributed by atoms with van der Waals surface area (Å²) in [6, 6.07) is 25.4. The third-order valence-electron chi connectivity index (χ3n) is 5.79. The topological polar surface area (TPSA) is 116 Å². The average molecular weight is 557 g/mol. The van der Waals surface area contributed by atoms with Crippen molar-refractivity contribution in [2.45, 2.75) is 32.4 Å². The number of carbonyl (C=O) groups excluding carboxylic acids is 3. The standard InChI is InChI=1S/C32H32N2O7/c1-32(2,3)41-31(37)34-26(20-39-30(36)22-9-6-5-7-10-22)29(35)33-24-12-8-11-23(19-24)28-18-17-27(40-28)21-13-15-25(38-4)16-14-21/h5-19,26H,20H2,1-4H3,(H,33,35)(H,34,37)/t26-/m0/s1. The molecule has 2 amide bonds. The minimum Gasteiger partial charge on any atom is -0.497 e. The minimum absolute atomic E-state index is 0.323. The number of furan rings is 1. The van der Waals surface area contributed by atoms with Crippen molar-refractivity contribution in [3.63, 3.8) is 0 Å². The fourth-order valence-corrected chi connectivity index (χ4v) is 3.83. The molecule has 3 aromatic carbocycles. The Balaban J connectivity index is 1.47. The molecule has 1 aromatic heterocycles. The third-order valence-corrected chi connectivity index (χ3v) is 5.79. The molecule has 0 spiro atoms. The maximum Gasteiger partial charge on any atom is 0.408 e. The molecule has 4 aromatic rings. The van der Waals surface area contributed by atoms with Crippen LogP contribution in [0.1, 0.15) is 31.1 Å². The van der Waals surface area contributed by atoms with Crippen molar-refractivity contribution in [1.82, 2.24) is 5.32 Å². The fraction of sp³-hybridized carbons (Fsp3) is 0.219. The number of alkyl carbamates (subject to hydrolysis) is 1. The number of benzene rings is 3. The second-order valence-electron chi connectivity index (χ2n) is 10.1. The van der Waals surface area contributed by atoms with Gasteiger partial charge in [0.05, 0.1) is 12.7 Å². The third kappa shape index (κ3) is 8.22. The van der Waals surface area contributed by atoms with Gasteiger partial charge in [0.1, 0.15) is 35.5 Å². The Bertz CT molecular complexity index is 1490. The van der Waals surface area contributed by atoms with E-state index >= 15 is 0 Å². The number of methoxy groups -OCH3 is 1. The van der Waals surface area contributed by atoms with Crippen LogP contribution >= 0.6 is 0 Å². The number of carbonyl (C=O) groups is 3. The maximum atomic E-state index is 13.2. The molecule has 0 saturated heterocycles. The Morgan fingerprint density at radius 3 is 2.17 bits per heavy atom. The van der Waals surface area contributed by atoms with Crippen molar-refractivity contribution in [2.75, 3.05) is 19.0 Å². The molecule has 212 valence electrons. The van der Waals surface area contributed by atoms with Gasteiger partial charge in [0.2, 0.25) is 0 Å². The van der Waals surface area contributed by atoms with Crippen molar-refractivity contribution >= 4 is 23.7 Å². The normalized spacial score (nSPS) is 11.7. The van der Waals surface area contributed by atoms with Gasteiger partial charge in [-0.3, -0.25) is 4.79 Å². The van der Waals surface area contributed by atoms with Gasteiger partial charge in [-0.2, -0.15) is 0 Å². The Hall–Kier alpha value is -5.05. The molecule has 2 N–H and O–H groups in total. The van der Waals surface area contributed by atoms with Gasteiger partial charge in [-0.05, 0) is 81.4 Å². The number of anilines is 1. The highest BCUT2D eigenvalue weighted by Gasteiger charge is 2.26. The molecular weight excluding hydrogens is 524 g/mol. The lowest BCUT2D eigenvalue weighted by molar-refractivity contribution is -0.119. The zero-order valence-corrected chi connectivity index (χ0v) is 23.3. The second-order valence-corrected chi connectivity index (χ2v) is 10.1. The van der Waals surface area contributed by atoms with E-state index in [9.17, 15) is 14.4 Å². The highest BCUT2D eigenvalue weighted by atomic mass is 16.6. The lowest BCUT2D eigenvalue weighted by atomic mass is 10.1. The molecule has 0 bridgehead atoms. The number of rotatable bonds is 9. The minimum atomic E-state index is -1.22. The van der Waals surface area contributed by atoms with Crippen LogP contribution in [0.3, 0.4) is 0 Å². The van der Waals surface area contributed by atoms with Crippen LogP contribution in [0.25, 0.3) is 22.6 Å². The molecule has 41 heavy (non-hydrogen) atoms.